The third kappa shape index (κ3) is 3.81. The lowest BCUT2D eigenvalue weighted by molar-refractivity contribution is -0.123. The zero-order valence-corrected chi connectivity index (χ0v) is 18.4. The molecule has 156 valence electrons. The molecule has 2 aliphatic rings. The van der Waals surface area contributed by atoms with Crippen molar-refractivity contribution in [1.82, 2.24) is 20.3 Å². The molecule has 6 nitrogen and oxygen atoms in total. The largest absolute Gasteiger partial charge is 0.353 e. The van der Waals surface area contributed by atoms with E-state index in [9.17, 15) is 4.79 Å². The third-order valence-electron chi connectivity index (χ3n) is 5.94. The predicted molar refractivity (Wildman–Crippen MR) is 127 cm³/mol. The second kappa shape index (κ2) is 7.69. The van der Waals surface area contributed by atoms with Gasteiger partial charge in [0.15, 0.2) is 0 Å². The van der Waals surface area contributed by atoms with E-state index >= 15 is 0 Å². The third-order valence-corrected chi connectivity index (χ3v) is 7.87. The van der Waals surface area contributed by atoms with E-state index in [1.165, 1.54) is 15.2 Å². The smallest absolute Gasteiger partial charge is 0.223 e. The summed E-state index contributed by atoms with van der Waals surface area (Å²) in [7, 11) is 0. The van der Waals surface area contributed by atoms with E-state index in [2.05, 4.69) is 49.9 Å². The van der Waals surface area contributed by atoms with Gasteiger partial charge in [0, 0.05) is 22.5 Å². The molecule has 1 amide bonds. The Morgan fingerprint density at radius 1 is 1.10 bits per heavy atom. The first kappa shape index (κ1) is 18.9. The van der Waals surface area contributed by atoms with Gasteiger partial charge >= 0.3 is 0 Å². The number of hydrogen-bond donors (Lipinski definition) is 2. The summed E-state index contributed by atoms with van der Waals surface area (Å²) in [6, 6.07) is 8.65. The molecule has 0 spiro atoms. The lowest BCUT2D eigenvalue weighted by atomic mass is 9.94. The van der Waals surface area contributed by atoms with Gasteiger partial charge in [-0.05, 0) is 61.9 Å². The van der Waals surface area contributed by atoms with Gasteiger partial charge in [0.25, 0.3) is 0 Å². The van der Waals surface area contributed by atoms with Crippen LogP contribution in [0.1, 0.15) is 37.0 Å². The van der Waals surface area contributed by atoms with Crippen LogP contribution < -0.4 is 10.6 Å². The molecule has 31 heavy (non-hydrogen) atoms. The van der Waals surface area contributed by atoms with Crippen molar-refractivity contribution in [3.8, 4) is 0 Å². The van der Waals surface area contributed by atoms with E-state index in [4.69, 9.17) is 0 Å². The monoisotopic (exact) mass is 447 g/mol. The van der Waals surface area contributed by atoms with Gasteiger partial charge < -0.3 is 10.6 Å². The topological polar surface area (TPSA) is 79.8 Å². The molecule has 3 heterocycles. The standard InChI is InChI=1S/C23H21N5OS2/c29-22(14-1-2-14)28-15-5-3-13(4-6-15)20-10-17-21(24-11-25-23(17)31-20)27-16-7-8-19-18(9-16)26-12-30-19/h3,7-12,14-15H,1-2,4-6H2,(H,28,29)(H,24,25,27). The Labute approximate surface area is 187 Å². The summed E-state index contributed by atoms with van der Waals surface area (Å²) >= 11 is 3.34. The maximum atomic E-state index is 12.0. The van der Waals surface area contributed by atoms with Crippen molar-refractivity contribution in [1.29, 1.82) is 0 Å². The van der Waals surface area contributed by atoms with Crippen molar-refractivity contribution in [2.45, 2.75) is 38.1 Å². The van der Waals surface area contributed by atoms with Crippen LogP contribution in [-0.4, -0.2) is 26.9 Å². The lowest BCUT2D eigenvalue weighted by Gasteiger charge is -2.22. The Hall–Kier alpha value is -2.84. The molecule has 2 N–H and O–H groups in total. The molecule has 1 atom stereocenters. The van der Waals surface area contributed by atoms with Crippen molar-refractivity contribution in [2.75, 3.05) is 5.32 Å². The minimum atomic E-state index is 0.241. The Morgan fingerprint density at radius 3 is 2.87 bits per heavy atom. The molecule has 1 saturated carbocycles. The summed E-state index contributed by atoms with van der Waals surface area (Å²) in [6.45, 7) is 0. The van der Waals surface area contributed by atoms with E-state index in [0.29, 0.717) is 0 Å². The van der Waals surface area contributed by atoms with Crippen LogP contribution in [0.4, 0.5) is 11.5 Å². The van der Waals surface area contributed by atoms with Crippen molar-refractivity contribution < 1.29 is 4.79 Å². The first-order valence-electron chi connectivity index (χ1n) is 10.6. The van der Waals surface area contributed by atoms with Crippen molar-refractivity contribution in [3.63, 3.8) is 0 Å². The van der Waals surface area contributed by atoms with Crippen LogP contribution >= 0.6 is 22.7 Å². The Balaban J connectivity index is 1.23. The fourth-order valence-electron chi connectivity index (χ4n) is 4.04. The number of thiazole rings is 1. The summed E-state index contributed by atoms with van der Waals surface area (Å²) in [6.07, 6.45) is 8.86. The minimum Gasteiger partial charge on any atom is -0.353 e. The van der Waals surface area contributed by atoms with Gasteiger partial charge in [-0.15, -0.1) is 22.7 Å². The molecule has 0 saturated heterocycles. The first-order chi connectivity index (χ1) is 15.2. The molecule has 0 bridgehead atoms. The molecule has 3 aromatic heterocycles. The quantitative estimate of drug-likeness (QED) is 0.422. The van der Waals surface area contributed by atoms with Crippen LogP contribution in [0.15, 0.2) is 42.2 Å². The van der Waals surface area contributed by atoms with E-state index in [1.807, 2.05) is 11.6 Å². The van der Waals surface area contributed by atoms with Crippen LogP contribution in [0.25, 0.3) is 26.0 Å². The minimum absolute atomic E-state index is 0.241. The summed E-state index contributed by atoms with van der Waals surface area (Å²) in [5.41, 5.74) is 5.16. The number of nitrogens with one attached hydrogen (secondary N) is 2. The van der Waals surface area contributed by atoms with Crippen LogP contribution in [0, 0.1) is 5.92 Å². The number of amides is 1. The van der Waals surface area contributed by atoms with Crippen LogP contribution in [0.5, 0.6) is 0 Å². The second-order valence-corrected chi connectivity index (χ2v) is 10.1. The molecule has 1 fully saturated rings. The molecule has 8 heteroatoms. The zero-order chi connectivity index (χ0) is 20.8. The van der Waals surface area contributed by atoms with Gasteiger partial charge in [0.1, 0.15) is 17.0 Å². The van der Waals surface area contributed by atoms with Crippen LogP contribution in [-0.2, 0) is 4.79 Å². The molecule has 1 aromatic carbocycles. The van der Waals surface area contributed by atoms with E-state index in [-0.39, 0.29) is 17.9 Å². The highest BCUT2D eigenvalue weighted by atomic mass is 32.1. The number of hydrogen-bond acceptors (Lipinski definition) is 7. The Kier molecular flexibility index (Phi) is 4.69. The average molecular weight is 448 g/mol. The van der Waals surface area contributed by atoms with Gasteiger partial charge in [-0.25, -0.2) is 15.0 Å². The summed E-state index contributed by atoms with van der Waals surface area (Å²) in [5.74, 6) is 1.33. The predicted octanol–water partition coefficient (Wildman–Crippen LogP) is 5.51. The number of carbonyl (C=O) groups excluding carboxylic acids is 1. The second-order valence-electron chi connectivity index (χ2n) is 8.20. The highest BCUT2D eigenvalue weighted by molar-refractivity contribution is 7.19. The number of aromatic nitrogens is 3. The highest BCUT2D eigenvalue weighted by Crippen LogP contribution is 2.37. The van der Waals surface area contributed by atoms with E-state index in [0.717, 1.165) is 59.3 Å². The van der Waals surface area contributed by atoms with Gasteiger partial charge in [-0.3, -0.25) is 4.79 Å². The first-order valence-corrected chi connectivity index (χ1v) is 12.3. The normalized spacial score (nSPS) is 18.8. The number of rotatable bonds is 5. The number of carbonyl (C=O) groups is 1. The molecular weight excluding hydrogens is 426 g/mol. The van der Waals surface area contributed by atoms with Crippen LogP contribution in [0.3, 0.4) is 0 Å². The van der Waals surface area contributed by atoms with Crippen molar-refractivity contribution in [3.05, 3.63) is 47.1 Å². The van der Waals surface area contributed by atoms with Crippen molar-refractivity contribution >= 4 is 66.1 Å². The molecule has 0 aliphatic heterocycles. The SMILES string of the molecule is O=C(NC1CC=C(c2cc3c(Nc4ccc5scnc5c4)ncnc3s2)CC1)C1CC1. The number of fused-ring (bicyclic) bond motifs is 2. The number of anilines is 2. The molecule has 1 unspecified atom stereocenters. The van der Waals surface area contributed by atoms with Crippen LogP contribution in [0.2, 0.25) is 0 Å². The molecule has 0 radical (unpaired) electrons. The lowest BCUT2D eigenvalue weighted by Crippen LogP contribution is -2.36. The summed E-state index contributed by atoms with van der Waals surface area (Å²) in [4.78, 5) is 27.6. The fraction of sp³-hybridized carbons (Fsp3) is 0.304. The maximum Gasteiger partial charge on any atom is 0.223 e. The number of nitrogens with zero attached hydrogens (tertiary/aromatic N) is 3. The fourth-order valence-corrected chi connectivity index (χ4v) is 5.77. The van der Waals surface area contributed by atoms with Crippen molar-refractivity contribution in [2.24, 2.45) is 5.92 Å². The summed E-state index contributed by atoms with van der Waals surface area (Å²) in [5, 5.41) is 7.69. The van der Waals surface area contributed by atoms with E-state index in [1.54, 1.807) is 29.0 Å². The van der Waals surface area contributed by atoms with Gasteiger partial charge in [-0.1, -0.05) is 6.08 Å². The Bertz CT molecular complexity index is 1320. The maximum absolute atomic E-state index is 12.0. The number of thiophene rings is 1. The summed E-state index contributed by atoms with van der Waals surface area (Å²) < 4.78 is 1.17. The highest BCUT2D eigenvalue weighted by Gasteiger charge is 2.31. The molecule has 2 aliphatic carbocycles. The Morgan fingerprint density at radius 2 is 2.03 bits per heavy atom. The van der Waals surface area contributed by atoms with E-state index < -0.39 is 0 Å². The number of allylic oxidation sites excluding steroid dienone is 1. The van der Waals surface area contributed by atoms with Gasteiger partial charge in [-0.2, -0.15) is 0 Å². The number of benzene rings is 1. The molecule has 4 aromatic rings. The van der Waals surface area contributed by atoms with Gasteiger partial charge in [0.05, 0.1) is 21.1 Å². The molecule has 6 rings (SSSR count). The average Bonchev–Trinajstić information content (AvgIpc) is 3.38. The zero-order valence-electron chi connectivity index (χ0n) is 16.8. The molecular formula is C23H21N5OS2. The van der Waals surface area contributed by atoms with Gasteiger partial charge in [0.2, 0.25) is 5.91 Å².